The highest BCUT2D eigenvalue weighted by atomic mass is 16.6. The lowest BCUT2D eigenvalue weighted by Gasteiger charge is -2.24. The van der Waals surface area contributed by atoms with E-state index < -0.39 is 11.7 Å². The van der Waals surface area contributed by atoms with Gasteiger partial charge in [-0.2, -0.15) is 5.26 Å². The molecular formula is C14H18N2O2. The number of anilines is 1. The Labute approximate surface area is 108 Å². The smallest absolute Gasteiger partial charge is 0.414 e. The van der Waals surface area contributed by atoms with Gasteiger partial charge in [-0.1, -0.05) is 12.1 Å². The molecule has 0 saturated heterocycles. The van der Waals surface area contributed by atoms with Crippen molar-refractivity contribution in [1.29, 1.82) is 5.26 Å². The molecule has 4 nitrogen and oxygen atoms in total. The minimum Gasteiger partial charge on any atom is -0.443 e. The Kier molecular flexibility index (Phi) is 4.33. The van der Waals surface area contributed by atoms with Gasteiger partial charge in [-0.25, -0.2) is 4.79 Å². The van der Waals surface area contributed by atoms with Crippen LogP contribution in [0, 0.1) is 11.3 Å². The molecule has 1 amide bonds. The van der Waals surface area contributed by atoms with Gasteiger partial charge >= 0.3 is 6.09 Å². The van der Waals surface area contributed by atoms with E-state index in [2.05, 4.69) is 6.07 Å². The van der Waals surface area contributed by atoms with Crippen LogP contribution in [0.25, 0.3) is 0 Å². The summed E-state index contributed by atoms with van der Waals surface area (Å²) >= 11 is 0. The summed E-state index contributed by atoms with van der Waals surface area (Å²) in [5.74, 6) is 0. The summed E-state index contributed by atoms with van der Waals surface area (Å²) in [7, 11) is 1.65. The van der Waals surface area contributed by atoms with Crippen molar-refractivity contribution in [2.45, 2.75) is 32.8 Å². The minimum atomic E-state index is -0.518. The second-order valence-electron chi connectivity index (χ2n) is 5.04. The molecule has 0 saturated carbocycles. The summed E-state index contributed by atoms with van der Waals surface area (Å²) in [4.78, 5) is 13.3. The van der Waals surface area contributed by atoms with Crippen molar-refractivity contribution in [2.75, 3.05) is 11.9 Å². The Hall–Kier alpha value is -2.02. The van der Waals surface area contributed by atoms with Gasteiger partial charge < -0.3 is 4.74 Å². The zero-order chi connectivity index (χ0) is 13.8. The summed E-state index contributed by atoms with van der Waals surface area (Å²) in [6, 6.07) is 9.38. The second kappa shape index (κ2) is 5.54. The quantitative estimate of drug-likeness (QED) is 0.805. The van der Waals surface area contributed by atoms with Crippen LogP contribution in [0.3, 0.4) is 0 Å². The molecule has 4 heteroatoms. The van der Waals surface area contributed by atoms with Crippen molar-refractivity contribution in [3.8, 4) is 6.07 Å². The maximum Gasteiger partial charge on any atom is 0.414 e. The molecular weight excluding hydrogens is 228 g/mol. The van der Waals surface area contributed by atoms with Crippen LogP contribution in [0.15, 0.2) is 24.3 Å². The Morgan fingerprint density at radius 2 is 2.11 bits per heavy atom. The Bertz CT molecular complexity index is 469. The highest BCUT2D eigenvalue weighted by Gasteiger charge is 2.20. The minimum absolute atomic E-state index is 0.329. The van der Waals surface area contributed by atoms with E-state index in [1.807, 2.05) is 45.0 Å². The molecule has 96 valence electrons. The molecule has 1 rings (SSSR count). The highest BCUT2D eigenvalue weighted by molar-refractivity contribution is 5.87. The topological polar surface area (TPSA) is 53.3 Å². The average Bonchev–Trinajstić information content (AvgIpc) is 2.26. The maximum atomic E-state index is 11.9. The molecule has 0 unspecified atom stereocenters. The first-order valence-corrected chi connectivity index (χ1v) is 5.76. The first-order valence-electron chi connectivity index (χ1n) is 5.76. The number of carbonyl (C=O) groups excluding carboxylic acids is 1. The lowest BCUT2D eigenvalue weighted by molar-refractivity contribution is 0.0589. The molecule has 18 heavy (non-hydrogen) atoms. The van der Waals surface area contributed by atoms with Crippen LogP contribution in [0.2, 0.25) is 0 Å². The Morgan fingerprint density at radius 1 is 1.44 bits per heavy atom. The highest BCUT2D eigenvalue weighted by Crippen LogP contribution is 2.18. The number of amides is 1. The van der Waals surface area contributed by atoms with E-state index in [4.69, 9.17) is 10.00 Å². The molecule has 0 N–H and O–H groups in total. The summed E-state index contributed by atoms with van der Waals surface area (Å²) in [6.45, 7) is 5.47. The first-order chi connectivity index (χ1) is 8.33. The van der Waals surface area contributed by atoms with Crippen LogP contribution >= 0.6 is 0 Å². The standard InChI is InChI=1S/C14H18N2O2/c1-14(2,3)18-13(17)16(4)12-7-5-6-11(10-12)8-9-15/h5-7,10H,8H2,1-4H3. The van der Waals surface area contributed by atoms with E-state index >= 15 is 0 Å². The lowest BCUT2D eigenvalue weighted by atomic mass is 10.1. The summed E-state index contributed by atoms with van der Waals surface area (Å²) in [5, 5.41) is 8.66. The monoisotopic (exact) mass is 246 g/mol. The third kappa shape index (κ3) is 4.10. The van der Waals surface area contributed by atoms with E-state index in [9.17, 15) is 4.79 Å². The molecule has 0 heterocycles. The number of ether oxygens (including phenoxy) is 1. The van der Waals surface area contributed by atoms with Crippen molar-refractivity contribution >= 4 is 11.8 Å². The molecule has 0 aliphatic rings. The molecule has 0 aliphatic carbocycles. The molecule has 0 radical (unpaired) electrons. The largest absolute Gasteiger partial charge is 0.443 e. The van der Waals surface area contributed by atoms with Crippen LogP contribution in [0.5, 0.6) is 0 Å². The SMILES string of the molecule is CN(C(=O)OC(C)(C)C)c1cccc(CC#N)c1. The molecule has 1 aromatic rings. The van der Waals surface area contributed by atoms with Gasteiger partial charge in [-0.15, -0.1) is 0 Å². The van der Waals surface area contributed by atoms with Gasteiger partial charge in [0.2, 0.25) is 0 Å². The van der Waals surface area contributed by atoms with Crippen LogP contribution in [-0.2, 0) is 11.2 Å². The zero-order valence-electron chi connectivity index (χ0n) is 11.2. The van der Waals surface area contributed by atoms with Gasteiger partial charge in [0.25, 0.3) is 0 Å². The van der Waals surface area contributed by atoms with Gasteiger partial charge in [0, 0.05) is 12.7 Å². The third-order valence-electron chi connectivity index (χ3n) is 2.25. The molecule has 1 aromatic carbocycles. The van der Waals surface area contributed by atoms with Crippen LogP contribution in [0.1, 0.15) is 26.3 Å². The first kappa shape index (κ1) is 14.0. The van der Waals surface area contributed by atoms with Crippen LogP contribution in [0.4, 0.5) is 10.5 Å². The fraction of sp³-hybridized carbons (Fsp3) is 0.429. The van der Waals surface area contributed by atoms with Gasteiger partial charge in [0.05, 0.1) is 12.5 Å². The maximum absolute atomic E-state index is 11.9. The number of rotatable bonds is 2. The van der Waals surface area contributed by atoms with Gasteiger partial charge in [0.1, 0.15) is 5.60 Å². The number of nitriles is 1. The van der Waals surface area contributed by atoms with Crippen LogP contribution in [-0.4, -0.2) is 18.7 Å². The Balaban J connectivity index is 2.84. The molecule has 0 bridgehead atoms. The molecule has 0 aliphatic heterocycles. The van der Waals surface area contributed by atoms with E-state index in [-0.39, 0.29) is 0 Å². The fourth-order valence-corrected chi connectivity index (χ4v) is 1.40. The zero-order valence-corrected chi connectivity index (χ0v) is 11.2. The van der Waals surface area contributed by atoms with Gasteiger partial charge in [-0.3, -0.25) is 4.90 Å². The number of hydrogen-bond acceptors (Lipinski definition) is 3. The summed E-state index contributed by atoms with van der Waals surface area (Å²) in [5.41, 5.74) is 1.08. The number of benzene rings is 1. The summed E-state index contributed by atoms with van der Waals surface area (Å²) in [6.07, 6.45) is -0.0766. The van der Waals surface area contributed by atoms with E-state index in [0.29, 0.717) is 6.42 Å². The number of carbonyl (C=O) groups is 1. The van der Waals surface area contributed by atoms with E-state index in [0.717, 1.165) is 11.3 Å². The number of nitrogens with zero attached hydrogens (tertiary/aromatic N) is 2. The third-order valence-corrected chi connectivity index (χ3v) is 2.25. The van der Waals surface area contributed by atoms with Crippen molar-refractivity contribution in [2.24, 2.45) is 0 Å². The second-order valence-corrected chi connectivity index (χ2v) is 5.04. The van der Waals surface area contributed by atoms with Gasteiger partial charge in [-0.05, 0) is 38.5 Å². The Morgan fingerprint density at radius 3 is 2.67 bits per heavy atom. The summed E-state index contributed by atoms with van der Waals surface area (Å²) < 4.78 is 5.28. The molecule has 0 fully saturated rings. The number of hydrogen-bond donors (Lipinski definition) is 0. The predicted octanol–water partition coefficient (Wildman–Crippen LogP) is 3.12. The average molecular weight is 246 g/mol. The molecule has 0 atom stereocenters. The predicted molar refractivity (Wildman–Crippen MR) is 70.4 cm³/mol. The normalized spacial score (nSPS) is 10.6. The molecule has 0 aromatic heterocycles. The molecule has 0 spiro atoms. The van der Waals surface area contributed by atoms with Crippen molar-refractivity contribution < 1.29 is 9.53 Å². The van der Waals surface area contributed by atoms with Crippen molar-refractivity contribution in [3.05, 3.63) is 29.8 Å². The van der Waals surface area contributed by atoms with Crippen LogP contribution < -0.4 is 4.90 Å². The van der Waals surface area contributed by atoms with Gasteiger partial charge in [0.15, 0.2) is 0 Å². The fourth-order valence-electron chi connectivity index (χ4n) is 1.40. The van der Waals surface area contributed by atoms with E-state index in [1.54, 1.807) is 7.05 Å². The van der Waals surface area contributed by atoms with E-state index in [1.165, 1.54) is 4.90 Å². The van der Waals surface area contributed by atoms with Crippen molar-refractivity contribution in [1.82, 2.24) is 0 Å². The van der Waals surface area contributed by atoms with Crippen molar-refractivity contribution in [3.63, 3.8) is 0 Å². The lowest BCUT2D eigenvalue weighted by Crippen LogP contribution is -2.34.